The van der Waals surface area contributed by atoms with Crippen LogP contribution < -0.4 is 11.1 Å². The van der Waals surface area contributed by atoms with Crippen LogP contribution in [0, 0.1) is 18.7 Å². The van der Waals surface area contributed by atoms with Gasteiger partial charge in [-0.3, -0.25) is 9.69 Å². The molecule has 0 aromatic heterocycles. The van der Waals surface area contributed by atoms with Gasteiger partial charge in [-0.05, 0) is 50.4 Å². The monoisotopic (exact) mass is 315 g/mol. The molecule has 1 aromatic rings. The van der Waals surface area contributed by atoms with Gasteiger partial charge in [0.05, 0.1) is 6.54 Å². The highest BCUT2D eigenvalue weighted by Crippen LogP contribution is 2.18. The molecule has 1 heterocycles. The van der Waals surface area contributed by atoms with Gasteiger partial charge >= 0.3 is 0 Å². The number of rotatable bonds is 4. The molecular weight excluding hydrogens is 293 g/mol. The van der Waals surface area contributed by atoms with Crippen LogP contribution in [0.15, 0.2) is 18.2 Å². The minimum Gasteiger partial charge on any atom is -0.328 e. The van der Waals surface area contributed by atoms with Crippen molar-refractivity contribution < 1.29 is 9.18 Å². The third-order valence-electron chi connectivity index (χ3n) is 3.88. The third-order valence-corrected chi connectivity index (χ3v) is 3.88. The fourth-order valence-electron chi connectivity index (χ4n) is 2.51. The largest absolute Gasteiger partial charge is 0.328 e. The molecule has 21 heavy (non-hydrogen) atoms. The van der Waals surface area contributed by atoms with E-state index in [1.54, 1.807) is 19.1 Å². The molecule has 0 bridgehead atoms. The number of nitrogens with one attached hydrogen (secondary N) is 1. The first kappa shape index (κ1) is 17.9. The van der Waals surface area contributed by atoms with Gasteiger partial charge in [0.1, 0.15) is 5.82 Å². The highest BCUT2D eigenvalue weighted by Gasteiger charge is 2.26. The molecule has 0 radical (unpaired) electrons. The number of halogens is 2. The van der Waals surface area contributed by atoms with E-state index in [0.29, 0.717) is 23.7 Å². The minimum absolute atomic E-state index is 0. The van der Waals surface area contributed by atoms with Crippen LogP contribution in [0.2, 0.25) is 0 Å². The Morgan fingerprint density at radius 3 is 2.86 bits per heavy atom. The van der Waals surface area contributed by atoms with Gasteiger partial charge in [0.15, 0.2) is 0 Å². The van der Waals surface area contributed by atoms with E-state index in [0.717, 1.165) is 19.5 Å². The first-order chi connectivity index (χ1) is 9.45. The van der Waals surface area contributed by atoms with E-state index in [4.69, 9.17) is 5.73 Å². The molecule has 0 spiro atoms. The van der Waals surface area contributed by atoms with Crippen LogP contribution in [-0.4, -0.2) is 36.5 Å². The second kappa shape index (κ2) is 7.73. The maximum Gasteiger partial charge on any atom is 0.238 e. The van der Waals surface area contributed by atoms with Crippen LogP contribution in [0.4, 0.5) is 10.1 Å². The normalized spacial score (nSPS) is 19.9. The van der Waals surface area contributed by atoms with Gasteiger partial charge in [0, 0.05) is 18.3 Å². The van der Waals surface area contributed by atoms with Gasteiger partial charge in [0.25, 0.3) is 0 Å². The summed E-state index contributed by atoms with van der Waals surface area (Å²) in [5.74, 6) is 0.0409. The number of amides is 1. The molecule has 1 amide bonds. The van der Waals surface area contributed by atoms with E-state index in [2.05, 4.69) is 10.2 Å². The van der Waals surface area contributed by atoms with Crippen molar-refractivity contribution in [2.24, 2.45) is 11.7 Å². The number of likely N-dealkylation sites (tertiary alicyclic amines) is 1. The van der Waals surface area contributed by atoms with Gasteiger partial charge in [-0.25, -0.2) is 4.39 Å². The predicted molar refractivity (Wildman–Crippen MR) is 85.2 cm³/mol. The van der Waals surface area contributed by atoms with Gasteiger partial charge < -0.3 is 11.1 Å². The maximum atomic E-state index is 13.4. The van der Waals surface area contributed by atoms with Crippen molar-refractivity contribution in [3.8, 4) is 0 Å². The van der Waals surface area contributed by atoms with Crippen molar-refractivity contribution in [2.45, 2.75) is 26.3 Å². The van der Waals surface area contributed by atoms with E-state index in [1.165, 1.54) is 6.07 Å². The summed E-state index contributed by atoms with van der Waals surface area (Å²) in [5, 5.41) is 2.73. The molecule has 2 rings (SSSR count). The average Bonchev–Trinajstić information content (AvgIpc) is 2.82. The van der Waals surface area contributed by atoms with Crippen molar-refractivity contribution >= 4 is 24.0 Å². The van der Waals surface area contributed by atoms with E-state index in [1.807, 2.05) is 6.92 Å². The first-order valence-electron chi connectivity index (χ1n) is 6.99. The second-order valence-electron chi connectivity index (χ2n) is 5.66. The topological polar surface area (TPSA) is 58.4 Å². The van der Waals surface area contributed by atoms with E-state index >= 15 is 0 Å². The molecule has 0 saturated carbocycles. The minimum atomic E-state index is -0.305. The SMILES string of the molecule is Cc1ccc(NC(=O)CN2CCC(C(C)N)C2)cc1F.Cl. The van der Waals surface area contributed by atoms with Crippen LogP contribution in [0.3, 0.4) is 0 Å². The number of hydrogen-bond acceptors (Lipinski definition) is 3. The predicted octanol–water partition coefficient (Wildman–Crippen LogP) is 2.16. The lowest BCUT2D eigenvalue weighted by molar-refractivity contribution is -0.117. The number of carbonyl (C=O) groups excluding carboxylic acids is 1. The Labute approximate surface area is 131 Å². The number of hydrogen-bond donors (Lipinski definition) is 2. The Balaban J connectivity index is 0.00000220. The van der Waals surface area contributed by atoms with Crippen molar-refractivity contribution in [3.05, 3.63) is 29.6 Å². The quantitative estimate of drug-likeness (QED) is 0.895. The Morgan fingerprint density at radius 1 is 1.57 bits per heavy atom. The van der Waals surface area contributed by atoms with Crippen molar-refractivity contribution in [1.82, 2.24) is 4.90 Å². The Kier molecular flexibility index (Phi) is 6.58. The number of nitrogens with two attached hydrogens (primary N) is 1. The van der Waals surface area contributed by atoms with Crippen LogP contribution in [0.25, 0.3) is 0 Å². The summed E-state index contributed by atoms with van der Waals surface area (Å²) < 4.78 is 13.4. The fourth-order valence-corrected chi connectivity index (χ4v) is 2.51. The number of nitrogens with zero attached hydrogens (tertiary/aromatic N) is 1. The highest BCUT2D eigenvalue weighted by atomic mass is 35.5. The molecule has 1 aromatic carbocycles. The molecule has 3 N–H and O–H groups in total. The molecule has 4 nitrogen and oxygen atoms in total. The van der Waals surface area contributed by atoms with Crippen LogP contribution in [0.1, 0.15) is 18.9 Å². The van der Waals surface area contributed by atoms with E-state index < -0.39 is 0 Å². The lowest BCUT2D eigenvalue weighted by Crippen LogP contribution is -2.34. The molecule has 1 saturated heterocycles. The average molecular weight is 316 g/mol. The van der Waals surface area contributed by atoms with Crippen molar-refractivity contribution in [1.29, 1.82) is 0 Å². The van der Waals surface area contributed by atoms with Crippen LogP contribution in [-0.2, 0) is 4.79 Å². The van der Waals surface area contributed by atoms with Crippen molar-refractivity contribution in [3.63, 3.8) is 0 Å². The van der Waals surface area contributed by atoms with Crippen LogP contribution in [0.5, 0.6) is 0 Å². The summed E-state index contributed by atoms with van der Waals surface area (Å²) >= 11 is 0. The van der Waals surface area contributed by atoms with Gasteiger partial charge in [-0.15, -0.1) is 12.4 Å². The molecule has 2 unspecified atom stereocenters. The third kappa shape index (κ3) is 4.95. The number of aryl methyl sites for hydroxylation is 1. The maximum absolute atomic E-state index is 13.4. The van der Waals surface area contributed by atoms with Gasteiger partial charge in [0.2, 0.25) is 5.91 Å². The number of anilines is 1. The van der Waals surface area contributed by atoms with Gasteiger partial charge in [-0.2, -0.15) is 0 Å². The zero-order chi connectivity index (χ0) is 14.7. The molecule has 118 valence electrons. The summed E-state index contributed by atoms with van der Waals surface area (Å²) in [6, 6.07) is 4.88. The molecular formula is C15H23ClFN3O. The Bertz CT molecular complexity index is 496. The molecule has 1 aliphatic heterocycles. The standard InChI is InChI=1S/C15H22FN3O.ClH/c1-10-3-4-13(7-14(10)16)18-15(20)9-19-6-5-12(8-19)11(2)17;/h3-4,7,11-12H,5-6,8-9,17H2,1-2H3,(H,18,20);1H. The van der Waals surface area contributed by atoms with E-state index in [9.17, 15) is 9.18 Å². The Hall–Kier alpha value is -1.17. The van der Waals surface area contributed by atoms with Crippen LogP contribution >= 0.6 is 12.4 Å². The zero-order valence-corrected chi connectivity index (χ0v) is 13.3. The van der Waals surface area contributed by atoms with E-state index in [-0.39, 0.29) is 30.2 Å². The molecule has 1 fully saturated rings. The first-order valence-corrected chi connectivity index (χ1v) is 6.99. The lowest BCUT2D eigenvalue weighted by atomic mass is 10.0. The summed E-state index contributed by atoms with van der Waals surface area (Å²) in [6.45, 7) is 5.77. The Morgan fingerprint density at radius 2 is 2.29 bits per heavy atom. The molecule has 0 aliphatic carbocycles. The summed E-state index contributed by atoms with van der Waals surface area (Å²) in [6.07, 6.45) is 1.03. The summed E-state index contributed by atoms with van der Waals surface area (Å²) in [4.78, 5) is 14.0. The number of carbonyl (C=O) groups is 1. The van der Waals surface area contributed by atoms with Crippen molar-refractivity contribution in [2.75, 3.05) is 25.0 Å². The second-order valence-corrected chi connectivity index (χ2v) is 5.66. The molecule has 6 heteroatoms. The smallest absolute Gasteiger partial charge is 0.238 e. The summed E-state index contributed by atoms with van der Waals surface area (Å²) in [5.41, 5.74) is 6.95. The number of benzene rings is 1. The highest BCUT2D eigenvalue weighted by molar-refractivity contribution is 5.92. The molecule has 2 atom stereocenters. The fraction of sp³-hybridized carbons (Fsp3) is 0.533. The molecule has 1 aliphatic rings. The van der Waals surface area contributed by atoms with Gasteiger partial charge in [-0.1, -0.05) is 6.07 Å². The zero-order valence-electron chi connectivity index (χ0n) is 12.4. The lowest BCUT2D eigenvalue weighted by Gasteiger charge is -2.17. The summed E-state index contributed by atoms with van der Waals surface area (Å²) in [7, 11) is 0.